The van der Waals surface area contributed by atoms with Crippen LogP contribution in [0.15, 0.2) is 24.4 Å². The molecule has 2 unspecified atom stereocenters. The van der Waals surface area contributed by atoms with Crippen molar-refractivity contribution < 1.29 is 5.11 Å². The van der Waals surface area contributed by atoms with Gasteiger partial charge in [0.25, 0.3) is 0 Å². The van der Waals surface area contributed by atoms with Gasteiger partial charge in [-0.1, -0.05) is 12.5 Å². The van der Waals surface area contributed by atoms with Crippen molar-refractivity contribution in [1.29, 1.82) is 0 Å². The Morgan fingerprint density at radius 2 is 2.33 bits per heavy atom. The maximum absolute atomic E-state index is 9.19. The molecule has 1 fully saturated rings. The second-order valence-corrected chi connectivity index (χ2v) is 4.91. The Morgan fingerprint density at radius 1 is 1.44 bits per heavy atom. The summed E-state index contributed by atoms with van der Waals surface area (Å²) < 4.78 is 0. The SMILES string of the molecule is NCC(c1ccccn1)N1CCCCC1CCO. The molecule has 0 aromatic carbocycles. The smallest absolute Gasteiger partial charge is 0.0646 e. The summed E-state index contributed by atoms with van der Waals surface area (Å²) in [7, 11) is 0. The number of hydrogen-bond acceptors (Lipinski definition) is 4. The first-order chi connectivity index (χ1) is 8.86. The van der Waals surface area contributed by atoms with E-state index in [2.05, 4.69) is 9.88 Å². The summed E-state index contributed by atoms with van der Waals surface area (Å²) in [5, 5.41) is 9.19. The summed E-state index contributed by atoms with van der Waals surface area (Å²) in [6.07, 6.45) is 6.28. The molecule has 2 rings (SSSR count). The third-order valence-corrected chi connectivity index (χ3v) is 3.79. The fourth-order valence-corrected chi connectivity index (χ4v) is 2.89. The van der Waals surface area contributed by atoms with Crippen LogP contribution in [0, 0.1) is 0 Å². The van der Waals surface area contributed by atoms with Gasteiger partial charge >= 0.3 is 0 Å². The van der Waals surface area contributed by atoms with E-state index in [-0.39, 0.29) is 12.6 Å². The van der Waals surface area contributed by atoms with E-state index in [9.17, 15) is 5.11 Å². The number of piperidine rings is 1. The molecule has 1 aliphatic rings. The zero-order valence-corrected chi connectivity index (χ0v) is 10.8. The predicted molar refractivity (Wildman–Crippen MR) is 72.1 cm³/mol. The van der Waals surface area contributed by atoms with E-state index in [1.807, 2.05) is 24.4 Å². The molecule has 4 heteroatoms. The largest absolute Gasteiger partial charge is 0.396 e. The van der Waals surface area contributed by atoms with Gasteiger partial charge in [0.15, 0.2) is 0 Å². The van der Waals surface area contributed by atoms with Crippen molar-refractivity contribution in [1.82, 2.24) is 9.88 Å². The van der Waals surface area contributed by atoms with Gasteiger partial charge in [0, 0.05) is 25.4 Å². The number of nitrogens with zero attached hydrogens (tertiary/aromatic N) is 2. The molecule has 0 radical (unpaired) electrons. The summed E-state index contributed by atoms with van der Waals surface area (Å²) >= 11 is 0. The third kappa shape index (κ3) is 3.07. The van der Waals surface area contributed by atoms with Crippen molar-refractivity contribution in [2.75, 3.05) is 19.7 Å². The Balaban J connectivity index is 2.14. The van der Waals surface area contributed by atoms with E-state index in [0.717, 1.165) is 25.1 Å². The number of pyridine rings is 1. The monoisotopic (exact) mass is 249 g/mol. The molecule has 1 aromatic rings. The van der Waals surface area contributed by atoms with Crippen LogP contribution in [0.5, 0.6) is 0 Å². The second kappa shape index (κ2) is 6.83. The lowest BCUT2D eigenvalue weighted by Crippen LogP contribution is -2.45. The Labute approximate surface area is 109 Å². The summed E-state index contributed by atoms with van der Waals surface area (Å²) in [4.78, 5) is 6.87. The number of rotatable bonds is 5. The molecule has 100 valence electrons. The Morgan fingerprint density at radius 3 is 3.00 bits per heavy atom. The standard InChI is InChI=1S/C14H23N3O/c15-11-14(13-6-1-3-8-16-13)17-9-4-2-5-12(17)7-10-18/h1,3,6,8,12,14,18H,2,4-5,7,9-11,15H2. The predicted octanol–water partition coefficient (Wildman–Crippen LogP) is 1.32. The number of likely N-dealkylation sites (tertiary alicyclic amines) is 1. The summed E-state index contributed by atoms with van der Waals surface area (Å²) in [6.45, 7) is 1.89. The topological polar surface area (TPSA) is 62.4 Å². The van der Waals surface area contributed by atoms with Gasteiger partial charge in [-0.2, -0.15) is 0 Å². The highest BCUT2D eigenvalue weighted by molar-refractivity contribution is 5.10. The average molecular weight is 249 g/mol. The van der Waals surface area contributed by atoms with Crippen LogP contribution < -0.4 is 5.73 Å². The number of aromatic nitrogens is 1. The van der Waals surface area contributed by atoms with Gasteiger partial charge in [0.05, 0.1) is 11.7 Å². The van der Waals surface area contributed by atoms with Crippen LogP contribution in [0.2, 0.25) is 0 Å². The maximum Gasteiger partial charge on any atom is 0.0646 e. The molecule has 1 aromatic heterocycles. The number of hydrogen-bond donors (Lipinski definition) is 2. The van der Waals surface area contributed by atoms with Crippen LogP contribution in [0.25, 0.3) is 0 Å². The number of aliphatic hydroxyl groups excluding tert-OH is 1. The van der Waals surface area contributed by atoms with E-state index >= 15 is 0 Å². The van der Waals surface area contributed by atoms with Crippen LogP contribution in [0.4, 0.5) is 0 Å². The first-order valence-corrected chi connectivity index (χ1v) is 6.84. The first-order valence-electron chi connectivity index (χ1n) is 6.84. The highest BCUT2D eigenvalue weighted by Crippen LogP contribution is 2.28. The summed E-state index contributed by atoms with van der Waals surface area (Å²) in [6, 6.07) is 6.61. The van der Waals surface area contributed by atoms with Crippen LogP contribution in [-0.2, 0) is 0 Å². The fraction of sp³-hybridized carbons (Fsp3) is 0.643. The Hall–Kier alpha value is -0.970. The molecule has 1 saturated heterocycles. The first kappa shape index (κ1) is 13.5. The van der Waals surface area contributed by atoms with E-state index in [0.29, 0.717) is 12.6 Å². The Kier molecular flexibility index (Phi) is 5.11. The number of aliphatic hydroxyl groups is 1. The van der Waals surface area contributed by atoms with Crippen LogP contribution in [0.1, 0.15) is 37.4 Å². The van der Waals surface area contributed by atoms with Crippen LogP contribution in [-0.4, -0.2) is 40.7 Å². The molecule has 0 bridgehead atoms. The number of nitrogens with two attached hydrogens (primary N) is 1. The molecule has 18 heavy (non-hydrogen) atoms. The minimum absolute atomic E-state index is 0.183. The normalized spacial score (nSPS) is 22.9. The van der Waals surface area contributed by atoms with Crippen LogP contribution >= 0.6 is 0 Å². The minimum atomic E-state index is 0.183. The van der Waals surface area contributed by atoms with E-state index in [1.54, 1.807) is 0 Å². The third-order valence-electron chi connectivity index (χ3n) is 3.79. The molecule has 2 heterocycles. The molecule has 3 N–H and O–H groups in total. The van der Waals surface area contributed by atoms with Crippen molar-refractivity contribution >= 4 is 0 Å². The minimum Gasteiger partial charge on any atom is -0.396 e. The van der Waals surface area contributed by atoms with Crippen molar-refractivity contribution in [3.05, 3.63) is 30.1 Å². The lowest BCUT2D eigenvalue weighted by atomic mass is 9.96. The molecule has 0 spiro atoms. The molecule has 4 nitrogen and oxygen atoms in total. The van der Waals surface area contributed by atoms with Gasteiger partial charge in [0.2, 0.25) is 0 Å². The lowest BCUT2D eigenvalue weighted by Gasteiger charge is -2.40. The van der Waals surface area contributed by atoms with E-state index in [1.165, 1.54) is 12.8 Å². The summed E-state index contributed by atoms with van der Waals surface area (Å²) in [5.74, 6) is 0. The highest BCUT2D eigenvalue weighted by atomic mass is 16.3. The lowest BCUT2D eigenvalue weighted by molar-refractivity contribution is 0.0765. The molecular weight excluding hydrogens is 226 g/mol. The molecule has 0 aliphatic carbocycles. The van der Waals surface area contributed by atoms with Gasteiger partial charge in [-0.05, 0) is 37.9 Å². The van der Waals surface area contributed by atoms with Gasteiger partial charge in [-0.25, -0.2) is 0 Å². The van der Waals surface area contributed by atoms with E-state index in [4.69, 9.17) is 5.73 Å². The Bertz CT molecular complexity index is 342. The zero-order chi connectivity index (χ0) is 12.8. The van der Waals surface area contributed by atoms with Crippen molar-refractivity contribution in [2.45, 2.75) is 37.8 Å². The van der Waals surface area contributed by atoms with Gasteiger partial charge in [-0.15, -0.1) is 0 Å². The van der Waals surface area contributed by atoms with Crippen molar-refractivity contribution in [2.24, 2.45) is 5.73 Å². The van der Waals surface area contributed by atoms with E-state index < -0.39 is 0 Å². The van der Waals surface area contributed by atoms with Crippen molar-refractivity contribution in [3.63, 3.8) is 0 Å². The maximum atomic E-state index is 9.19. The molecule has 2 atom stereocenters. The van der Waals surface area contributed by atoms with Gasteiger partial charge in [0.1, 0.15) is 0 Å². The average Bonchev–Trinajstić information content (AvgIpc) is 2.43. The quantitative estimate of drug-likeness (QED) is 0.826. The van der Waals surface area contributed by atoms with Crippen LogP contribution in [0.3, 0.4) is 0 Å². The molecular formula is C14H23N3O. The van der Waals surface area contributed by atoms with Crippen molar-refractivity contribution in [3.8, 4) is 0 Å². The molecule has 1 aliphatic heterocycles. The highest BCUT2D eigenvalue weighted by Gasteiger charge is 2.29. The second-order valence-electron chi connectivity index (χ2n) is 4.91. The van der Waals surface area contributed by atoms with Gasteiger partial charge in [-0.3, -0.25) is 9.88 Å². The molecule has 0 amide bonds. The van der Waals surface area contributed by atoms with Gasteiger partial charge < -0.3 is 10.8 Å². The fourth-order valence-electron chi connectivity index (χ4n) is 2.89. The summed E-state index contributed by atoms with van der Waals surface area (Å²) in [5.41, 5.74) is 7.00. The molecule has 0 saturated carbocycles. The zero-order valence-electron chi connectivity index (χ0n) is 10.8.